The van der Waals surface area contributed by atoms with E-state index in [1.807, 2.05) is 48.5 Å². The Hall–Kier alpha value is -2.57. The van der Waals surface area contributed by atoms with Crippen LogP contribution in [0, 0.1) is 0 Å². The topological polar surface area (TPSA) is 63.2 Å². The van der Waals surface area contributed by atoms with Gasteiger partial charge in [0.15, 0.2) is 5.03 Å². The molecule has 27 heavy (non-hydrogen) atoms. The smallest absolute Gasteiger partial charge is 0.260 e. The van der Waals surface area contributed by atoms with Gasteiger partial charge in [0.2, 0.25) is 0 Å². The number of benzene rings is 1. The van der Waals surface area contributed by atoms with E-state index in [0.717, 1.165) is 18.4 Å². The van der Waals surface area contributed by atoms with Gasteiger partial charge in [0.1, 0.15) is 0 Å². The normalized spacial score (nSPS) is 16.3. The van der Waals surface area contributed by atoms with Crippen molar-refractivity contribution in [2.75, 3.05) is 13.1 Å². The second-order valence-electron chi connectivity index (χ2n) is 6.69. The Morgan fingerprint density at radius 2 is 1.56 bits per heavy atom. The molecule has 0 bridgehead atoms. The minimum absolute atomic E-state index is 0.117. The van der Waals surface area contributed by atoms with Crippen LogP contribution in [-0.2, 0) is 10.0 Å². The summed E-state index contributed by atoms with van der Waals surface area (Å²) in [7, 11) is -3.59. The first-order valence-electron chi connectivity index (χ1n) is 9.07. The van der Waals surface area contributed by atoms with Crippen LogP contribution in [0.25, 0.3) is 11.3 Å². The molecule has 1 saturated heterocycles. The lowest BCUT2D eigenvalue weighted by molar-refractivity contribution is 0.318. The van der Waals surface area contributed by atoms with Crippen LogP contribution in [0.4, 0.5) is 0 Å². The van der Waals surface area contributed by atoms with Crippen molar-refractivity contribution in [2.24, 2.45) is 0 Å². The van der Waals surface area contributed by atoms with E-state index in [-0.39, 0.29) is 5.03 Å². The van der Waals surface area contributed by atoms with E-state index < -0.39 is 10.0 Å². The molecule has 0 aliphatic carbocycles. The summed E-state index contributed by atoms with van der Waals surface area (Å²) in [6.45, 7) is 1.01. The van der Waals surface area contributed by atoms with Gasteiger partial charge in [0, 0.05) is 31.0 Å². The van der Waals surface area contributed by atoms with Crippen molar-refractivity contribution in [3.63, 3.8) is 0 Å². The fraction of sp³-hybridized carbons (Fsp3) is 0.238. The van der Waals surface area contributed by atoms with Crippen molar-refractivity contribution in [1.29, 1.82) is 0 Å². The molecule has 0 N–H and O–H groups in total. The Bertz CT molecular complexity index is 1000. The van der Waals surface area contributed by atoms with Gasteiger partial charge in [-0.25, -0.2) is 13.4 Å². The number of nitrogens with zero attached hydrogens (tertiary/aromatic N) is 3. The molecule has 3 aromatic rings. The molecule has 0 radical (unpaired) electrons. The minimum Gasteiger partial charge on any atom is -0.265 e. The molecular weight excluding hydrogens is 358 g/mol. The average molecular weight is 379 g/mol. The van der Waals surface area contributed by atoms with E-state index in [4.69, 9.17) is 0 Å². The number of pyridine rings is 2. The number of hydrogen-bond donors (Lipinski definition) is 0. The van der Waals surface area contributed by atoms with Gasteiger partial charge in [-0.15, -0.1) is 0 Å². The van der Waals surface area contributed by atoms with Crippen molar-refractivity contribution in [3.8, 4) is 11.3 Å². The van der Waals surface area contributed by atoms with Crippen LogP contribution in [0.3, 0.4) is 0 Å². The van der Waals surface area contributed by atoms with Crippen molar-refractivity contribution >= 4 is 10.0 Å². The molecule has 5 nitrogen and oxygen atoms in total. The fourth-order valence-electron chi connectivity index (χ4n) is 3.53. The monoisotopic (exact) mass is 379 g/mol. The predicted molar refractivity (Wildman–Crippen MR) is 105 cm³/mol. The van der Waals surface area contributed by atoms with E-state index in [1.54, 1.807) is 28.8 Å². The molecule has 0 saturated carbocycles. The van der Waals surface area contributed by atoms with Gasteiger partial charge in [-0.3, -0.25) is 4.98 Å². The van der Waals surface area contributed by atoms with E-state index in [0.29, 0.717) is 24.7 Å². The number of rotatable bonds is 4. The van der Waals surface area contributed by atoms with E-state index in [2.05, 4.69) is 9.97 Å². The van der Waals surface area contributed by atoms with Gasteiger partial charge in [-0.05, 0) is 48.6 Å². The number of hydrogen-bond acceptors (Lipinski definition) is 4. The minimum atomic E-state index is -3.59. The summed E-state index contributed by atoms with van der Waals surface area (Å²) in [6, 6.07) is 18.8. The van der Waals surface area contributed by atoms with E-state index in [9.17, 15) is 8.42 Å². The highest BCUT2D eigenvalue weighted by atomic mass is 32.2. The molecule has 2 aromatic heterocycles. The van der Waals surface area contributed by atoms with Gasteiger partial charge >= 0.3 is 0 Å². The third-order valence-electron chi connectivity index (χ3n) is 5.03. The zero-order chi connectivity index (χ0) is 18.7. The molecule has 1 fully saturated rings. The van der Waals surface area contributed by atoms with Gasteiger partial charge in [-0.1, -0.05) is 36.4 Å². The fourth-order valence-corrected chi connectivity index (χ4v) is 4.95. The van der Waals surface area contributed by atoms with Crippen molar-refractivity contribution in [3.05, 3.63) is 78.6 Å². The van der Waals surface area contributed by atoms with E-state index in [1.165, 1.54) is 5.56 Å². The largest absolute Gasteiger partial charge is 0.265 e. The van der Waals surface area contributed by atoms with Crippen molar-refractivity contribution < 1.29 is 8.42 Å². The highest BCUT2D eigenvalue weighted by Gasteiger charge is 2.31. The average Bonchev–Trinajstić information content (AvgIpc) is 2.75. The van der Waals surface area contributed by atoms with Gasteiger partial charge in [-0.2, -0.15) is 4.31 Å². The molecule has 3 heterocycles. The van der Waals surface area contributed by atoms with Crippen LogP contribution in [0.2, 0.25) is 0 Å². The Morgan fingerprint density at radius 3 is 2.26 bits per heavy atom. The first-order chi connectivity index (χ1) is 13.1. The van der Waals surface area contributed by atoms with Crippen LogP contribution in [0.5, 0.6) is 0 Å². The zero-order valence-electron chi connectivity index (χ0n) is 14.9. The third kappa shape index (κ3) is 3.77. The number of aromatic nitrogens is 2. The molecule has 0 spiro atoms. The molecule has 0 unspecified atom stereocenters. The Morgan fingerprint density at radius 1 is 0.852 bits per heavy atom. The number of piperidine rings is 1. The molecular formula is C21H21N3O2S. The number of sulfonamides is 1. The molecule has 0 amide bonds. The predicted octanol–water partition coefficient (Wildman–Crippen LogP) is 3.71. The first kappa shape index (κ1) is 17.8. The maximum atomic E-state index is 13.1. The van der Waals surface area contributed by atoms with Crippen LogP contribution in [-0.4, -0.2) is 35.8 Å². The maximum Gasteiger partial charge on any atom is 0.260 e. The van der Waals surface area contributed by atoms with Gasteiger partial charge < -0.3 is 0 Å². The van der Waals surface area contributed by atoms with Gasteiger partial charge in [0.25, 0.3) is 10.0 Å². The Labute approximate surface area is 159 Å². The van der Waals surface area contributed by atoms with Crippen LogP contribution >= 0.6 is 0 Å². The molecule has 138 valence electrons. The standard InChI is InChI=1S/C21H21N3O2S/c25-27(26,21-8-4-7-20(23-21)19-5-2-1-3-6-19)24-15-11-18(12-16-24)17-9-13-22-14-10-17/h1-10,13-14,18H,11-12,15-16H2. The quantitative estimate of drug-likeness (QED) is 0.693. The lowest BCUT2D eigenvalue weighted by atomic mass is 9.91. The molecule has 0 atom stereocenters. The summed E-state index contributed by atoms with van der Waals surface area (Å²) < 4.78 is 27.7. The highest BCUT2D eigenvalue weighted by molar-refractivity contribution is 7.89. The molecule has 1 aliphatic heterocycles. The SMILES string of the molecule is O=S(=O)(c1cccc(-c2ccccc2)n1)N1CCC(c2ccncc2)CC1. The molecule has 1 aliphatic rings. The van der Waals surface area contributed by atoms with E-state index >= 15 is 0 Å². The van der Waals surface area contributed by atoms with Crippen LogP contribution < -0.4 is 0 Å². The van der Waals surface area contributed by atoms with Crippen molar-refractivity contribution in [1.82, 2.24) is 14.3 Å². The molecule has 1 aromatic carbocycles. The summed E-state index contributed by atoms with van der Waals surface area (Å²) >= 11 is 0. The second kappa shape index (κ2) is 7.58. The highest BCUT2D eigenvalue weighted by Crippen LogP contribution is 2.30. The summed E-state index contributed by atoms with van der Waals surface area (Å²) in [6.07, 6.45) is 5.19. The van der Waals surface area contributed by atoms with Gasteiger partial charge in [0.05, 0.1) is 5.69 Å². The Kier molecular flexibility index (Phi) is 5.01. The first-order valence-corrected chi connectivity index (χ1v) is 10.5. The summed E-state index contributed by atoms with van der Waals surface area (Å²) in [4.78, 5) is 8.48. The molecule has 6 heteroatoms. The lowest BCUT2D eigenvalue weighted by Gasteiger charge is -2.31. The van der Waals surface area contributed by atoms with Crippen molar-refractivity contribution in [2.45, 2.75) is 23.8 Å². The molecule has 4 rings (SSSR count). The second-order valence-corrected chi connectivity index (χ2v) is 8.57. The zero-order valence-corrected chi connectivity index (χ0v) is 15.7. The summed E-state index contributed by atoms with van der Waals surface area (Å²) in [5.41, 5.74) is 2.81. The lowest BCUT2D eigenvalue weighted by Crippen LogP contribution is -2.38. The summed E-state index contributed by atoms with van der Waals surface area (Å²) in [5, 5.41) is 0.117. The maximum absolute atomic E-state index is 13.1. The van der Waals surface area contributed by atoms with Crippen LogP contribution in [0.15, 0.2) is 78.1 Å². The third-order valence-corrected chi connectivity index (χ3v) is 6.83. The van der Waals surface area contributed by atoms with Crippen LogP contribution in [0.1, 0.15) is 24.3 Å². The summed E-state index contributed by atoms with van der Waals surface area (Å²) in [5.74, 6) is 0.378. The Balaban J connectivity index is 1.53.